The van der Waals surface area contributed by atoms with E-state index in [1.807, 2.05) is 42.5 Å². The van der Waals surface area contributed by atoms with Crippen LogP contribution >= 0.6 is 11.6 Å². The fourth-order valence-electron chi connectivity index (χ4n) is 2.80. The predicted octanol–water partition coefficient (Wildman–Crippen LogP) is 4.46. The molecular weight excluding hydrogens is 294 g/mol. The maximum absolute atomic E-state index is 12.0. The molecule has 0 unspecified atom stereocenters. The minimum Gasteiger partial charge on any atom is -0.384 e. The van der Waals surface area contributed by atoms with Crippen molar-refractivity contribution in [1.82, 2.24) is 5.32 Å². The normalized spacial score (nSPS) is 18.0. The molecule has 1 aliphatic carbocycles. The van der Waals surface area contributed by atoms with Crippen molar-refractivity contribution in [2.24, 2.45) is 0 Å². The highest BCUT2D eigenvalue weighted by molar-refractivity contribution is 6.30. The fraction of sp³-hybridized carbons (Fsp3) is 0.211. The highest BCUT2D eigenvalue weighted by Crippen LogP contribution is 2.31. The van der Waals surface area contributed by atoms with Crippen molar-refractivity contribution in [1.29, 1.82) is 0 Å². The minimum absolute atomic E-state index is 0.182. The second-order valence-corrected chi connectivity index (χ2v) is 6.07. The molecular formula is C19H18ClNO. The Bertz CT molecular complexity index is 676. The van der Waals surface area contributed by atoms with E-state index in [9.17, 15) is 4.79 Å². The average molecular weight is 312 g/mol. The summed E-state index contributed by atoms with van der Waals surface area (Å²) < 4.78 is 0. The van der Waals surface area contributed by atoms with Crippen LogP contribution < -0.4 is 5.32 Å². The number of benzene rings is 2. The lowest BCUT2D eigenvalue weighted by atomic mass is 9.85. The first-order valence-corrected chi connectivity index (χ1v) is 7.85. The van der Waals surface area contributed by atoms with Crippen molar-refractivity contribution in [3.05, 3.63) is 82.5 Å². The summed E-state index contributed by atoms with van der Waals surface area (Å²) >= 11 is 5.93. The summed E-state index contributed by atoms with van der Waals surface area (Å²) in [7, 11) is 0. The summed E-state index contributed by atoms with van der Waals surface area (Å²) in [5.74, 6) is 0.412. The third kappa shape index (κ3) is 3.77. The maximum atomic E-state index is 12.0. The molecule has 1 N–H and O–H groups in total. The van der Waals surface area contributed by atoms with E-state index < -0.39 is 0 Å². The van der Waals surface area contributed by atoms with Gasteiger partial charge < -0.3 is 5.32 Å². The molecule has 22 heavy (non-hydrogen) atoms. The van der Waals surface area contributed by atoms with E-state index in [-0.39, 0.29) is 11.7 Å². The monoisotopic (exact) mass is 311 g/mol. The molecule has 2 aromatic carbocycles. The van der Waals surface area contributed by atoms with E-state index in [0.717, 1.165) is 23.7 Å². The third-order valence-electron chi connectivity index (χ3n) is 3.95. The highest BCUT2D eigenvalue weighted by atomic mass is 35.5. The van der Waals surface area contributed by atoms with Crippen LogP contribution in [0.4, 0.5) is 0 Å². The van der Waals surface area contributed by atoms with Crippen LogP contribution in [0.3, 0.4) is 0 Å². The Morgan fingerprint density at radius 1 is 1.00 bits per heavy atom. The van der Waals surface area contributed by atoms with Crippen LogP contribution in [0.25, 0.3) is 0 Å². The van der Waals surface area contributed by atoms with Gasteiger partial charge in [0.25, 0.3) is 0 Å². The number of carbonyl (C=O) groups excluding carboxylic acids is 1. The molecule has 3 heteroatoms. The number of hydrogen-bond donors (Lipinski definition) is 1. The van der Waals surface area contributed by atoms with Gasteiger partial charge in [-0.3, -0.25) is 4.79 Å². The lowest BCUT2D eigenvalue weighted by molar-refractivity contribution is -0.115. The van der Waals surface area contributed by atoms with Crippen molar-refractivity contribution in [3.63, 3.8) is 0 Å². The smallest absolute Gasteiger partial charge is 0.158 e. The van der Waals surface area contributed by atoms with Gasteiger partial charge in [0.05, 0.1) is 0 Å². The molecule has 1 aliphatic rings. The molecule has 1 atom stereocenters. The van der Waals surface area contributed by atoms with Gasteiger partial charge in [-0.1, -0.05) is 54.1 Å². The van der Waals surface area contributed by atoms with E-state index in [2.05, 4.69) is 17.4 Å². The molecule has 0 saturated carbocycles. The van der Waals surface area contributed by atoms with Gasteiger partial charge in [0.2, 0.25) is 0 Å². The molecule has 0 aliphatic heterocycles. The van der Waals surface area contributed by atoms with Crippen molar-refractivity contribution in [3.8, 4) is 0 Å². The minimum atomic E-state index is 0.182. The zero-order valence-corrected chi connectivity index (χ0v) is 13.0. The second kappa shape index (κ2) is 6.80. The molecule has 3 rings (SSSR count). The Morgan fingerprint density at radius 2 is 1.73 bits per heavy atom. The summed E-state index contributed by atoms with van der Waals surface area (Å²) in [6.07, 6.45) is 3.17. The van der Waals surface area contributed by atoms with E-state index in [1.165, 1.54) is 11.1 Å². The average Bonchev–Trinajstić information content (AvgIpc) is 2.54. The highest BCUT2D eigenvalue weighted by Gasteiger charge is 2.22. The van der Waals surface area contributed by atoms with Crippen LogP contribution in [0.2, 0.25) is 5.02 Å². The first kappa shape index (κ1) is 14.9. The zero-order valence-electron chi connectivity index (χ0n) is 12.3. The molecule has 2 aromatic rings. The van der Waals surface area contributed by atoms with Crippen molar-refractivity contribution >= 4 is 17.4 Å². The Kier molecular flexibility index (Phi) is 4.59. The SMILES string of the molecule is O=C1C=C(NCc2ccccc2)C[C@@H](c2ccc(Cl)cc2)C1. The number of nitrogens with one attached hydrogen (secondary N) is 1. The van der Waals surface area contributed by atoms with Gasteiger partial charge in [0.15, 0.2) is 5.78 Å². The largest absolute Gasteiger partial charge is 0.384 e. The van der Waals surface area contributed by atoms with E-state index in [1.54, 1.807) is 6.08 Å². The second-order valence-electron chi connectivity index (χ2n) is 5.63. The van der Waals surface area contributed by atoms with Crippen LogP contribution in [-0.2, 0) is 11.3 Å². The molecule has 0 amide bonds. The van der Waals surface area contributed by atoms with Crippen LogP contribution in [0, 0.1) is 0 Å². The fourth-order valence-corrected chi connectivity index (χ4v) is 2.92. The topological polar surface area (TPSA) is 29.1 Å². The number of carbonyl (C=O) groups is 1. The summed E-state index contributed by atoms with van der Waals surface area (Å²) in [6.45, 7) is 0.743. The molecule has 0 aromatic heterocycles. The van der Waals surface area contributed by atoms with E-state index in [0.29, 0.717) is 6.42 Å². The molecule has 112 valence electrons. The number of allylic oxidation sites excluding steroid dienone is 2. The van der Waals surface area contributed by atoms with E-state index >= 15 is 0 Å². The molecule has 0 fully saturated rings. The van der Waals surface area contributed by atoms with Gasteiger partial charge in [0.1, 0.15) is 0 Å². The quantitative estimate of drug-likeness (QED) is 0.903. The summed E-state index contributed by atoms with van der Waals surface area (Å²) in [5.41, 5.74) is 3.40. The summed E-state index contributed by atoms with van der Waals surface area (Å²) in [5, 5.41) is 4.12. The Balaban J connectivity index is 1.67. The number of ketones is 1. The van der Waals surface area contributed by atoms with E-state index in [4.69, 9.17) is 11.6 Å². The molecule has 0 bridgehead atoms. The molecule has 0 heterocycles. The Labute approximate surface area is 135 Å². The lowest BCUT2D eigenvalue weighted by Gasteiger charge is -2.23. The zero-order chi connectivity index (χ0) is 15.4. The van der Waals surface area contributed by atoms with Crippen molar-refractivity contribution in [2.45, 2.75) is 25.3 Å². The van der Waals surface area contributed by atoms with Crippen molar-refractivity contribution < 1.29 is 4.79 Å². The maximum Gasteiger partial charge on any atom is 0.158 e. The first-order valence-electron chi connectivity index (χ1n) is 7.47. The van der Waals surface area contributed by atoms with Gasteiger partial charge in [-0.25, -0.2) is 0 Å². The van der Waals surface area contributed by atoms with Crippen LogP contribution in [0.5, 0.6) is 0 Å². The van der Waals surface area contributed by atoms with Crippen LogP contribution in [0.15, 0.2) is 66.4 Å². The predicted molar refractivity (Wildman–Crippen MR) is 89.8 cm³/mol. The number of rotatable bonds is 4. The van der Waals surface area contributed by atoms with Gasteiger partial charge in [-0.05, 0) is 35.6 Å². The van der Waals surface area contributed by atoms with Gasteiger partial charge in [0, 0.05) is 29.8 Å². The molecule has 2 nitrogen and oxygen atoms in total. The van der Waals surface area contributed by atoms with Crippen LogP contribution in [0.1, 0.15) is 29.9 Å². The summed E-state index contributed by atoms with van der Waals surface area (Å²) in [6, 6.07) is 18.0. The first-order chi connectivity index (χ1) is 10.7. The standard InChI is InChI=1S/C19H18ClNO/c20-17-8-6-15(7-9-17)16-10-18(12-19(22)11-16)21-13-14-4-2-1-3-5-14/h1-9,12,16,21H,10-11,13H2/t16-/m1/s1. The molecule has 0 spiro atoms. The Hall–Kier alpha value is -2.06. The van der Waals surface area contributed by atoms with Crippen molar-refractivity contribution in [2.75, 3.05) is 0 Å². The molecule has 0 saturated heterocycles. The van der Waals surface area contributed by atoms with Gasteiger partial charge >= 0.3 is 0 Å². The number of hydrogen-bond acceptors (Lipinski definition) is 2. The molecule has 0 radical (unpaired) electrons. The summed E-state index contributed by atoms with van der Waals surface area (Å²) in [4.78, 5) is 12.0. The Morgan fingerprint density at radius 3 is 2.45 bits per heavy atom. The lowest BCUT2D eigenvalue weighted by Crippen LogP contribution is -2.21. The third-order valence-corrected chi connectivity index (χ3v) is 4.20. The number of halogens is 1. The van der Waals surface area contributed by atoms with Gasteiger partial charge in [-0.2, -0.15) is 0 Å². The van der Waals surface area contributed by atoms with Gasteiger partial charge in [-0.15, -0.1) is 0 Å². The van der Waals surface area contributed by atoms with Crippen LogP contribution in [-0.4, -0.2) is 5.78 Å².